The summed E-state index contributed by atoms with van der Waals surface area (Å²) in [6, 6.07) is 5.78. The zero-order valence-electron chi connectivity index (χ0n) is 6.97. The van der Waals surface area contributed by atoms with E-state index >= 15 is 0 Å². The van der Waals surface area contributed by atoms with Crippen molar-refractivity contribution in [2.75, 3.05) is 5.73 Å². The Morgan fingerprint density at radius 1 is 1.38 bits per heavy atom. The minimum Gasteiger partial charge on any atom is -0.398 e. The largest absolute Gasteiger partial charge is 0.398 e. The lowest BCUT2D eigenvalue weighted by Gasteiger charge is -1.95. The Labute approximate surface area is 84.2 Å². The first-order valence-corrected chi connectivity index (χ1v) is 4.78. The summed E-state index contributed by atoms with van der Waals surface area (Å²) in [4.78, 5) is 3.20. The van der Waals surface area contributed by atoms with Gasteiger partial charge in [0, 0.05) is 33.3 Å². The van der Waals surface area contributed by atoms with Crippen LogP contribution in [0.4, 0.5) is 5.69 Å². The summed E-state index contributed by atoms with van der Waals surface area (Å²) in [7, 11) is 0. The van der Waals surface area contributed by atoms with Gasteiger partial charge < -0.3 is 16.5 Å². The second kappa shape index (κ2) is 3.05. The number of fused-ring (bicyclic) bond motifs is 1. The van der Waals surface area contributed by atoms with Crippen LogP contribution < -0.4 is 11.5 Å². The highest BCUT2D eigenvalue weighted by molar-refractivity contribution is 9.10. The topological polar surface area (TPSA) is 67.8 Å². The van der Waals surface area contributed by atoms with E-state index in [0.717, 1.165) is 26.8 Å². The molecule has 0 aliphatic rings. The molecule has 0 atom stereocenters. The van der Waals surface area contributed by atoms with Gasteiger partial charge in [0.1, 0.15) is 0 Å². The molecule has 4 heteroatoms. The molecule has 0 aliphatic carbocycles. The Hall–Kier alpha value is -1.00. The molecule has 1 aromatic carbocycles. The van der Waals surface area contributed by atoms with Crippen LogP contribution in [0.3, 0.4) is 0 Å². The van der Waals surface area contributed by atoms with Gasteiger partial charge in [0.15, 0.2) is 0 Å². The molecule has 0 saturated heterocycles. The fourth-order valence-corrected chi connectivity index (χ4v) is 2.13. The highest BCUT2D eigenvalue weighted by Gasteiger charge is 2.09. The van der Waals surface area contributed by atoms with Gasteiger partial charge in [-0.2, -0.15) is 0 Å². The summed E-state index contributed by atoms with van der Waals surface area (Å²) >= 11 is 3.47. The van der Waals surface area contributed by atoms with Crippen molar-refractivity contribution in [1.29, 1.82) is 0 Å². The summed E-state index contributed by atoms with van der Waals surface area (Å²) in [5, 5.41) is 1.02. The molecule has 0 aliphatic heterocycles. The van der Waals surface area contributed by atoms with Crippen LogP contribution in [-0.2, 0) is 6.54 Å². The van der Waals surface area contributed by atoms with Gasteiger partial charge >= 0.3 is 0 Å². The molecule has 3 nitrogen and oxygen atoms in total. The summed E-state index contributed by atoms with van der Waals surface area (Å²) in [6.07, 6.45) is 0. The van der Waals surface area contributed by atoms with Crippen molar-refractivity contribution in [2.45, 2.75) is 6.54 Å². The lowest BCUT2D eigenvalue weighted by atomic mass is 10.2. The number of aromatic amines is 1. The molecule has 0 saturated carbocycles. The zero-order chi connectivity index (χ0) is 9.42. The second-order valence-corrected chi connectivity index (χ2v) is 3.68. The molecule has 0 bridgehead atoms. The van der Waals surface area contributed by atoms with E-state index < -0.39 is 0 Å². The van der Waals surface area contributed by atoms with E-state index in [4.69, 9.17) is 11.5 Å². The highest BCUT2D eigenvalue weighted by Crippen LogP contribution is 2.31. The number of aromatic nitrogens is 1. The molecule has 0 radical (unpaired) electrons. The standard InChI is InChI=1S/C9H10BrN3/c10-9-7(4-11)13-6-3-1-2-5(12)8(6)9/h1-3,13H,4,11-12H2. The maximum atomic E-state index is 5.83. The van der Waals surface area contributed by atoms with Crippen molar-refractivity contribution >= 4 is 32.5 Å². The minimum absolute atomic E-state index is 0.481. The van der Waals surface area contributed by atoms with Crippen LogP contribution in [0, 0.1) is 0 Å². The highest BCUT2D eigenvalue weighted by atomic mass is 79.9. The molecule has 2 rings (SSSR count). The summed E-state index contributed by atoms with van der Waals surface area (Å²) in [6.45, 7) is 0.481. The first kappa shape index (κ1) is 8.59. The fourth-order valence-electron chi connectivity index (χ4n) is 1.43. The lowest BCUT2D eigenvalue weighted by molar-refractivity contribution is 1.01. The molecule has 0 unspecified atom stereocenters. The van der Waals surface area contributed by atoms with Gasteiger partial charge in [-0.3, -0.25) is 0 Å². The van der Waals surface area contributed by atoms with E-state index in [-0.39, 0.29) is 0 Å². The molecule has 5 N–H and O–H groups in total. The van der Waals surface area contributed by atoms with E-state index in [9.17, 15) is 0 Å². The average Bonchev–Trinajstić information content (AvgIpc) is 2.44. The van der Waals surface area contributed by atoms with Crippen LogP contribution in [-0.4, -0.2) is 4.98 Å². The molecule has 68 valence electrons. The Morgan fingerprint density at radius 2 is 2.15 bits per heavy atom. The monoisotopic (exact) mass is 239 g/mol. The Balaban J connectivity index is 2.85. The van der Waals surface area contributed by atoms with E-state index in [1.54, 1.807) is 0 Å². The van der Waals surface area contributed by atoms with Gasteiger partial charge in [-0.05, 0) is 28.1 Å². The average molecular weight is 240 g/mol. The first-order valence-electron chi connectivity index (χ1n) is 3.98. The number of benzene rings is 1. The van der Waals surface area contributed by atoms with Gasteiger partial charge in [0.25, 0.3) is 0 Å². The normalized spacial score (nSPS) is 10.9. The van der Waals surface area contributed by atoms with Gasteiger partial charge in [-0.15, -0.1) is 0 Å². The Morgan fingerprint density at radius 3 is 2.77 bits per heavy atom. The molecular weight excluding hydrogens is 230 g/mol. The van der Waals surface area contributed by atoms with Crippen molar-refractivity contribution in [3.8, 4) is 0 Å². The number of rotatable bonds is 1. The maximum Gasteiger partial charge on any atom is 0.0495 e. The van der Waals surface area contributed by atoms with E-state index in [1.807, 2.05) is 18.2 Å². The summed E-state index contributed by atoms with van der Waals surface area (Å²) in [5.41, 5.74) is 14.2. The van der Waals surface area contributed by atoms with Crippen LogP contribution >= 0.6 is 15.9 Å². The van der Waals surface area contributed by atoms with Crippen molar-refractivity contribution in [1.82, 2.24) is 4.98 Å². The molecule has 0 fully saturated rings. The van der Waals surface area contributed by atoms with Gasteiger partial charge in [-0.25, -0.2) is 0 Å². The number of H-pyrrole nitrogens is 1. The summed E-state index contributed by atoms with van der Waals surface area (Å²) < 4.78 is 0.975. The first-order chi connectivity index (χ1) is 6.24. The lowest BCUT2D eigenvalue weighted by Crippen LogP contribution is -1.96. The maximum absolute atomic E-state index is 5.83. The molecule has 2 aromatic rings. The van der Waals surface area contributed by atoms with Crippen molar-refractivity contribution < 1.29 is 0 Å². The smallest absolute Gasteiger partial charge is 0.0495 e. The molecule has 1 heterocycles. The third kappa shape index (κ3) is 1.22. The second-order valence-electron chi connectivity index (χ2n) is 2.89. The number of halogens is 1. The van der Waals surface area contributed by atoms with E-state index in [1.165, 1.54) is 0 Å². The fraction of sp³-hybridized carbons (Fsp3) is 0.111. The zero-order valence-corrected chi connectivity index (χ0v) is 8.56. The van der Waals surface area contributed by atoms with Gasteiger partial charge in [0.05, 0.1) is 0 Å². The molecule has 0 spiro atoms. The number of hydrogen-bond acceptors (Lipinski definition) is 2. The van der Waals surface area contributed by atoms with Crippen LogP contribution in [0.5, 0.6) is 0 Å². The van der Waals surface area contributed by atoms with Crippen molar-refractivity contribution in [3.63, 3.8) is 0 Å². The minimum atomic E-state index is 0.481. The summed E-state index contributed by atoms with van der Waals surface area (Å²) in [5.74, 6) is 0. The molecule has 1 aromatic heterocycles. The third-order valence-corrected chi connectivity index (χ3v) is 2.95. The van der Waals surface area contributed by atoms with Gasteiger partial charge in [-0.1, -0.05) is 6.07 Å². The number of nitrogen functional groups attached to an aromatic ring is 1. The molecule has 13 heavy (non-hydrogen) atoms. The number of nitrogens with one attached hydrogen (secondary N) is 1. The SMILES string of the molecule is NCc1[nH]c2cccc(N)c2c1Br. The van der Waals surface area contributed by atoms with Gasteiger partial charge in [0.2, 0.25) is 0 Å². The Kier molecular flexibility index (Phi) is 2.01. The predicted molar refractivity (Wildman–Crippen MR) is 58.3 cm³/mol. The predicted octanol–water partition coefficient (Wildman–Crippen LogP) is 1.97. The quantitative estimate of drug-likeness (QED) is 0.667. The van der Waals surface area contributed by atoms with Crippen LogP contribution in [0.1, 0.15) is 5.69 Å². The molecule has 0 amide bonds. The molecular formula is C9H10BrN3. The van der Waals surface area contributed by atoms with Crippen LogP contribution in [0.15, 0.2) is 22.7 Å². The third-order valence-electron chi connectivity index (χ3n) is 2.07. The number of anilines is 1. The number of nitrogens with two attached hydrogens (primary N) is 2. The van der Waals surface area contributed by atoms with E-state index in [2.05, 4.69) is 20.9 Å². The number of hydrogen-bond donors (Lipinski definition) is 3. The van der Waals surface area contributed by atoms with Crippen LogP contribution in [0.2, 0.25) is 0 Å². The van der Waals surface area contributed by atoms with Crippen molar-refractivity contribution in [3.05, 3.63) is 28.4 Å². The van der Waals surface area contributed by atoms with Crippen LogP contribution in [0.25, 0.3) is 10.9 Å². The van der Waals surface area contributed by atoms with Crippen molar-refractivity contribution in [2.24, 2.45) is 5.73 Å². The Bertz CT molecular complexity index is 447. The van der Waals surface area contributed by atoms with E-state index in [0.29, 0.717) is 6.54 Å².